The van der Waals surface area contributed by atoms with E-state index in [1.54, 1.807) is 0 Å². The van der Waals surface area contributed by atoms with E-state index in [0.717, 1.165) is 35.1 Å². The van der Waals surface area contributed by atoms with Crippen molar-refractivity contribution in [1.82, 2.24) is 0 Å². The summed E-state index contributed by atoms with van der Waals surface area (Å²) in [7, 11) is 0. The molecule has 2 rings (SSSR count). The Morgan fingerprint density at radius 2 is 1.93 bits per heavy atom. The first kappa shape index (κ1) is 9.66. The van der Waals surface area contributed by atoms with Gasteiger partial charge >= 0.3 is 0 Å². The van der Waals surface area contributed by atoms with E-state index in [1.165, 1.54) is 12.8 Å². The van der Waals surface area contributed by atoms with Gasteiger partial charge in [0.1, 0.15) is 0 Å². The molecular formula is C11H15ClN2. The average Bonchev–Trinajstić information content (AvgIpc) is 2.54. The summed E-state index contributed by atoms with van der Waals surface area (Å²) in [4.78, 5) is 2.27. The monoisotopic (exact) mass is 210 g/mol. The van der Waals surface area contributed by atoms with Gasteiger partial charge in [0.2, 0.25) is 0 Å². The van der Waals surface area contributed by atoms with Crippen molar-refractivity contribution in [2.75, 3.05) is 23.7 Å². The molecule has 1 saturated heterocycles. The summed E-state index contributed by atoms with van der Waals surface area (Å²) in [6.45, 7) is 4.16. The lowest BCUT2D eigenvalue weighted by molar-refractivity contribution is 0.949. The van der Waals surface area contributed by atoms with Crippen molar-refractivity contribution in [3.63, 3.8) is 0 Å². The van der Waals surface area contributed by atoms with Gasteiger partial charge in [-0.2, -0.15) is 0 Å². The molecule has 0 aromatic heterocycles. The van der Waals surface area contributed by atoms with Gasteiger partial charge in [0.05, 0.1) is 16.4 Å². The fraction of sp³-hybridized carbons (Fsp3) is 0.455. The number of halogens is 1. The minimum absolute atomic E-state index is 0.782. The highest BCUT2D eigenvalue weighted by molar-refractivity contribution is 6.34. The summed E-state index contributed by atoms with van der Waals surface area (Å²) in [5.41, 5.74) is 8.92. The maximum atomic E-state index is 6.19. The van der Waals surface area contributed by atoms with Crippen molar-refractivity contribution in [3.8, 4) is 0 Å². The maximum Gasteiger partial charge on any atom is 0.0789 e. The van der Waals surface area contributed by atoms with Crippen LogP contribution in [-0.4, -0.2) is 13.1 Å². The fourth-order valence-corrected chi connectivity index (χ4v) is 2.44. The lowest BCUT2D eigenvalue weighted by atomic mass is 10.2. The molecule has 1 aliphatic heterocycles. The summed E-state index contributed by atoms with van der Waals surface area (Å²) in [6.07, 6.45) is 2.48. The van der Waals surface area contributed by atoms with E-state index >= 15 is 0 Å². The van der Waals surface area contributed by atoms with E-state index < -0.39 is 0 Å². The molecule has 0 aliphatic carbocycles. The Hall–Kier alpha value is -0.890. The van der Waals surface area contributed by atoms with Crippen LogP contribution in [0.15, 0.2) is 12.1 Å². The zero-order valence-electron chi connectivity index (χ0n) is 8.39. The molecule has 0 spiro atoms. The Labute approximate surface area is 89.7 Å². The van der Waals surface area contributed by atoms with Crippen molar-refractivity contribution < 1.29 is 0 Å². The van der Waals surface area contributed by atoms with Gasteiger partial charge in [-0.1, -0.05) is 11.6 Å². The van der Waals surface area contributed by atoms with Gasteiger partial charge in [-0.3, -0.25) is 0 Å². The molecule has 0 amide bonds. The predicted octanol–water partition coefficient (Wildman–Crippen LogP) is 2.83. The standard InChI is InChI=1S/C11H15ClN2/c1-8-6-9(12)11(10(13)7-8)14-4-2-3-5-14/h6-7H,2-5,13H2,1H3. The van der Waals surface area contributed by atoms with E-state index in [4.69, 9.17) is 17.3 Å². The number of nitrogens with two attached hydrogens (primary N) is 1. The molecule has 76 valence electrons. The van der Waals surface area contributed by atoms with Crippen LogP contribution >= 0.6 is 11.6 Å². The van der Waals surface area contributed by atoms with Crippen LogP contribution in [0.2, 0.25) is 5.02 Å². The summed E-state index contributed by atoms with van der Waals surface area (Å²) >= 11 is 6.19. The number of nitrogens with zero attached hydrogens (tertiary/aromatic N) is 1. The van der Waals surface area contributed by atoms with Crippen LogP contribution < -0.4 is 10.6 Å². The van der Waals surface area contributed by atoms with Crippen LogP contribution in [0.5, 0.6) is 0 Å². The summed E-state index contributed by atoms with van der Waals surface area (Å²) < 4.78 is 0. The minimum atomic E-state index is 0.782. The normalized spacial score (nSPS) is 16.3. The number of hydrogen-bond donors (Lipinski definition) is 1. The van der Waals surface area contributed by atoms with Crippen molar-refractivity contribution in [2.45, 2.75) is 19.8 Å². The first-order valence-corrected chi connectivity index (χ1v) is 5.37. The number of nitrogen functional groups attached to an aromatic ring is 1. The van der Waals surface area contributed by atoms with Crippen molar-refractivity contribution >= 4 is 23.0 Å². The van der Waals surface area contributed by atoms with Gasteiger partial charge < -0.3 is 10.6 Å². The van der Waals surface area contributed by atoms with Crippen molar-refractivity contribution in [3.05, 3.63) is 22.7 Å². The Balaban J connectivity index is 2.40. The Morgan fingerprint density at radius 1 is 1.29 bits per heavy atom. The Morgan fingerprint density at radius 3 is 2.50 bits per heavy atom. The van der Waals surface area contributed by atoms with Gasteiger partial charge in [0, 0.05) is 13.1 Å². The van der Waals surface area contributed by atoms with Gasteiger partial charge in [0.25, 0.3) is 0 Å². The van der Waals surface area contributed by atoms with Crippen molar-refractivity contribution in [2.24, 2.45) is 0 Å². The van der Waals surface area contributed by atoms with Crippen LogP contribution in [0.3, 0.4) is 0 Å². The van der Waals surface area contributed by atoms with Crippen molar-refractivity contribution in [1.29, 1.82) is 0 Å². The highest BCUT2D eigenvalue weighted by atomic mass is 35.5. The van der Waals surface area contributed by atoms with E-state index in [2.05, 4.69) is 4.90 Å². The molecule has 1 aliphatic rings. The molecule has 1 heterocycles. The zero-order chi connectivity index (χ0) is 10.1. The number of anilines is 2. The topological polar surface area (TPSA) is 29.3 Å². The highest BCUT2D eigenvalue weighted by Gasteiger charge is 2.17. The average molecular weight is 211 g/mol. The molecule has 0 atom stereocenters. The van der Waals surface area contributed by atoms with Crippen LogP contribution in [0.25, 0.3) is 0 Å². The molecule has 1 aromatic carbocycles. The van der Waals surface area contributed by atoms with Crippen LogP contribution in [-0.2, 0) is 0 Å². The molecule has 0 saturated carbocycles. The van der Waals surface area contributed by atoms with E-state index in [0.29, 0.717) is 0 Å². The van der Waals surface area contributed by atoms with Gasteiger partial charge in [-0.05, 0) is 37.5 Å². The smallest absolute Gasteiger partial charge is 0.0789 e. The Bertz CT molecular complexity index is 320. The lowest BCUT2D eigenvalue weighted by Crippen LogP contribution is -2.19. The highest BCUT2D eigenvalue weighted by Crippen LogP contribution is 2.35. The van der Waals surface area contributed by atoms with E-state index in [9.17, 15) is 0 Å². The fourth-order valence-electron chi connectivity index (χ4n) is 2.04. The van der Waals surface area contributed by atoms with Gasteiger partial charge in [0.15, 0.2) is 0 Å². The second-order valence-electron chi connectivity index (χ2n) is 3.88. The number of aryl methyl sites for hydroxylation is 1. The summed E-state index contributed by atoms with van der Waals surface area (Å²) in [5, 5.41) is 0.782. The van der Waals surface area contributed by atoms with Crippen LogP contribution in [0.1, 0.15) is 18.4 Å². The number of hydrogen-bond acceptors (Lipinski definition) is 2. The molecule has 2 nitrogen and oxygen atoms in total. The molecule has 14 heavy (non-hydrogen) atoms. The molecule has 1 aromatic rings. The van der Waals surface area contributed by atoms with E-state index in [-0.39, 0.29) is 0 Å². The summed E-state index contributed by atoms with van der Waals surface area (Å²) in [5.74, 6) is 0. The van der Waals surface area contributed by atoms with Gasteiger partial charge in [-0.15, -0.1) is 0 Å². The maximum absolute atomic E-state index is 6.19. The number of rotatable bonds is 1. The number of benzene rings is 1. The third-order valence-electron chi connectivity index (χ3n) is 2.66. The lowest BCUT2D eigenvalue weighted by Gasteiger charge is -2.21. The zero-order valence-corrected chi connectivity index (χ0v) is 9.14. The van der Waals surface area contributed by atoms with Crippen LogP contribution in [0, 0.1) is 6.92 Å². The van der Waals surface area contributed by atoms with E-state index in [1.807, 2.05) is 19.1 Å². The minimum Gasteiger partial charge on any atom is -0.397 e. The molecule has 3 heteroatoms. The first-order valence-electron chi connectivity index (χ1n) is 4.99. The Kier molecular flexibility index (Phi) is 2.55. The second-order valence-corrected chi connectivity index (χ2v) is 4.29. The quantitative estimate of drug-likeness (QED) is 0.723. The molecular weight excluding hydrogens is 196 g/mol. The largest absolute Gasteiger partial charge is 0.397 e. The molecule has 1 fully saturated rings. The molecule has 0 radical (unpaired) electrons. The third-order valence-corrected chi connectivity index (χ3v) is 2.95. The third kappa shape index (κ3) is 1.67. The van der Waals surface area contributed by atoms with Gasteiger partial charge in [-0.25, -0.2) is 0 Å². The summed E-state index contributed by atoms with van der Waals surface area (Å²) in [6, 6.07) is 3.96. The first-order chi connectivity index (χ1) is 6.68. The second kappa shape index (κ2) is 3.70. The van der Waals surface area contributed by atoms with Crippen LogP contribution in [0.4, 0.5) is 11.4 Å². The SMILES string of the molecule is Cc1cc(N)c(N2CCCC2)c(Cl)c1. The molecule has 2 N–H and O–H groups in total. The molecule has 0 bridgehead atoms. The predicted molar refractivity (Wildman–Crippen MR) is 62.0 cm³/mol. The molecule has 0 unspecified atom stereocenters.